The zero-order valence-electron chi connectivity index (χ0n) is 14.2. The predicted octanol–water partition coefficient (Wildman–Crippen LogP) is 1.82. The molecule has 0 spiro atoms. The van der Waals surface area contributed by atoms with Crippen molar-refractivity contribution in [2.24, 2.45) is 5.92 Å². The molecular formula is C17H24N2O4S. The molecule has 1 aromatic rings. The molecule has 0 saturated heterocycles. The van der Waals surface area contributed by atoms with Crippen molar-refractivity contribution >= 4 is 29.5 Å². The van der Waals surface area contributed by atoms with E-state index in [2.05, 4.69) is 10.6 Å². The van der Waals surface area contributed by atoms with Crippen LogP contribution in [0.5, 0.6) is 0 Å². The molecule has 0 unspecified atom stereocenters. The molecule has 2 amide bonds. The smallest absolute Gasteiger partial charge is 0.326 e. The summed E-state index contributed by atoms with van der Waals surface area (Å²) in [4.78, 5) is 35.6. The van der Waals surface area contributed by atoms with Crippen LogP contribution < -0.4 is 10.6 Å². The Balaban J connectivity index is 2.33. The molecule has 24 heavy (non-hydrogen) atoms. The lowest BCUT2D eigenvalue weighted by molar-refractivity contribution is -0.142. The summed E-state index contributed by atoms with van der Waals surface area (Å²) in [5, 5.41) is 14.0. The summed E-state index contributed by atoms with van der Waals surface area (Å²) in [6.07, 6.45) is 0.346. The molecule has 1 atom stereocenters. The van der Waals surface area contributed by atoms with Gasteiger partial charge in [-0.1, -0.05) is 31.5 Å². The number of carbonyl (C=O) groups is 3. The molecule has 6 nitrogen and oxygen atoms in total. The van der Waals surface area contributed by atoms with Crippen LogP contribution in [0.1, 0.15) is 25.8 Å². The minimum atomic E-state index is -1.07. The number of nitrogens with one attached hydrogen (secondary N) is 2. The van der Waals surface area contributed by atoms with Crippen LogP contribution in [0.15, 0.2) is 29.2 Å². The lowest BCUT2D eigenvalue weighted by atomic mass is 10.0. The van der Waals surface area contributed by atoms with Crippen molar-refractivity contribution in [3.8, 4) is 0 Å². The van der Waals surface area contributed by atoms with Gasteiger partial charge in [-0.25, -0.2) is 4.79 Å². The van der Waals surface area contributed by atoms with Crippen LogP contribution in [0.4, 0.5) is 0 Å². The van der Waals surface area contributed by atoms with Crippen molar-refractivity contribution in [1.82, 2.24) is 10.6 Å². The Labute approximate surface area is 146 Å². The molecule has 0 fully saturated rings. The van der Waals surface area contributed by atoms with E-state index in [4.69, 9.17) is 5.11 Å². The van der Waals surface area contributed by atoms with E-state index < -0.39 is 17.9 Å². The Morgan fingerprint density at radius 3 is 2.29 bits per heavy atom. The minimum absolute atomic E-state index is 0.145. The molecule has 1 aromatic carbocycles. The Bertz CT molecular complexity index is 572. The second-order valence-corrected chi connectivity index (χ2v) is 7.02. The average Bonchev–Trinajstić information content (AvgIpc) is 2.51. The summed E-state index contributed by atoms with van der Waals surface area (Å²) in [6, 6.07) is 6.87. The van der Waals surface area contributed by atoms with Gasteiger partial charge in [-0.2, -0.15) is 0 Å². The fourth-order valence-electron chi connectivity index (χ4n) is 1.95. The monoisotopic (exact) mass is 352 g/mol. The van der Waals surface area contributed by atoms with Gasteiger partial charge in [0.25, 0.3) is 0 Å². The fraction of sp³-hybridized carbons (Fsp3) is 0.471. The second kappa shape index (κ2) is 9.97. The van der Waals surface area contributed by atoms with Crippen LogP contribution in [-0.4, -0.2) is 41.2 Å². The maximum Gasteiger partial charge on any atom is 0.326 e. The van der Waals surface area contributed by atoms with E-state index >= 15 is 0 Å². The lowest BCUT2D eigenvalue weighted by Crippen LogP contribution is -2.46. The number of hydrogen-bond donors (Lipinski definition) is 3. The van der Waals surface area contributed by atoms with Gasteiger partial charge < -0.3 is 15.7 Å². The van der Waals surface area contributed by atoms with E-state index in [1.165, 1.54) is 11.8 Å². The Hall–Kier alpha value is -2.02. The third-order valence-corrected chi connectivity index (χ3v) is 4.19. The lowest BCUT2D eigenvalue weighted by Gasteiger charge is -2.16. The summed E-state index contributed by atoms with van der Waals surface area (Å²) < 4.78 is 0. The van der Waals surface area contributed by atoms with Crippen molar-refractivity contribution < 1.29 is 19.5 Å². The topological polar surface area (TPSA) is 95.5 Å². The van der Waals surface area contributed by atoms with E-state index in [9.17, 15) is 14.4 Å². The number of amides is 2. The van der Waals surface area contributed by atoms with Gasteiger partial charge in [0, 0.05) is 4.90 Å². The molecule has 0 aliphatic rings. The number of carbonyl (C=O) groups excluding carboxylic acids is 2. The van der Waals surface area contributed by atoms with Crippen molar-refractivity contribution in [1.29, 1.82) is 0 Å². The number of carboxylic acid groups (broad SMARTS) is 1. The highest BCUT2D eigenvalue weighted by Crippen LogP contribution is 2.17. The highest BCUT2D eigenvalue weighted by atomic mass is 32.2. The molecule has 0 saturated carbocycles. The SMILES string of the molecule is Cc1ccc(SCC(=O)NCC(=O)N[C@@H](CC(C)C)C(=O)O)cc1. The van der Waals surface area contributed by atoms with E-state index in [0.29, 0.717) is 6.42 Å². The van der Waals surface area contributed by atoms with Gasteiger partial charge in [0.15, 0.2) is 0 Å². The van der Waals surface area contributed by atoms with E-state index in [1.807, 2.05) is 45.0 Å². The third kappa shape index (κ3) is 8.01. The maximum atomic E-state index is 11.8. The first kappa shape index (κ1) is 20.0. The molecule has 7 heteroatoms. The van der Waals surface area contributed by atoms with Crippen molar-refractivity contribution in [3.05, 3.63) is 29.8 Å². The van der Waals surface area contributed by atoms with Crippen LogP contribution >= 0.6 is 11.8 Å². The van der Waals surface area contributed by atoms with Gasteiger partial charge in [0.05, 0.1) is 12.3 Å². The Morgan fingerprint density at radius 2 is 1.75 bits per heavy atom. The van der Waals surface area contributed by atoms with Gasteiger partial charge in [-0.05, 0) is 31.4 Å². The number of aryl methyl sites for hydroxylation is 1. The normalized spacial score (nSPS) is 11.8. The molecule has 0 aliphatic heterocycles. The first-order valence-corrected chi connectivity index (χ1v) is 8.74. The standard InChI is InChI=1S/C17H24N2O4S/c1-11(2)8-14(17(22)23)19-15(20)9-18-16(21)10-24-13-6-4-12(3)5-7-13/h4-7,11,14H,8-10H2,1-3H3,(H,18,21)(H,19,20)(H,22,23)/t14-/m0/s1. The summed E-state index contributed by atoms with van der Waals surface area (Å²) in [5.74, 6) is -1.50. The molecule has 0 radical (unpaired) electrons. The number of rotatable bonds is 9. The predicted molar refractivity (Wildman–Crippen MR) is 93.9 cm³/mol. The van der Waals surface area contributed by atoms with Crippen LogP contribution in [0, 0.1) is 12.8 Å². The first-order chi connectivity index (χ1) is 11.3. The molecule has 0 aromatic heterocycles. The summed E-state index contributed by atoms with van der Waals surface area (Å²) in [6.45, 7) is 5.52. The molecule has 0 bridgehead atoms. The molecule has 3 N–H and O–H groups in total. The highest BCUT2D eigenvalue weighted by Gasteiger charge is 2.21. The van der Waals surface area contributed by atoms with E-state index in [-0.39, 0.29) is 24.1 Å². The zero-order valence-corrected chi connectivity index (χ0v) is 15.0. The number of aliphatic carboxylic acids is 1. The number of carboxylic acids is 1. The largest absolute Gasteiger partial charge is 0.480 e. The van der Waals surface area contributed by atoms with Gasteiger partial charge >= 0.3 is 5.97 Å². The fourth-order valence-corrected chi connectivity index (χ4v) is 2.68. The van der Waals surface area contributed by atoms with E-state index in [1.54, 1.807) is 0 Å². The highest BCUT2D eigenvalue weighted by molar-refractivity contribution is 8.00. The summed E-state index contributed by atoms with van der Waals surface area (Å²) in [5.41, 5.74) is 1.15. The second-order valence-electron chi connectivity index (χ2n) is 5.97. The summed E-state index contributed by atoms with van der Waals surface area (Å²) >= 11 is 1.38. The van der Waals surface area contributed by atoms with Gasteiger partial charge in [0.1, 0.15) is 6.04 Å². The van der Waals surface area contributed by atoms with Gasteiger partial charge in [-0.3, -0.25) is 9.59 Å². The van der Waals surface area contributed by atoms with E-state index in [0.717, 1.165) is 10.5 Å². The third-order valence-electron chi connectivity index (χ3n) is 3.18. The van der Waals surface area contributed by atoms with Crippen molar-refractivity contribution in [2.75, 3.05) is 12.3 Å². The Morgan fingerprint density at radius 1 is 1.12 bits per heavy atom. The molecular weight excluding hydrogens is 328 g/mol. The zero-order chi connectivity index (χ0) is 18.1. The van der Waals surface area contributed by atoms with Crippen LogP contribution in [0.3, 0.4) is 0 Å². The average molecular weight is 352 g/mol. The molecule has 1 rings (SSSR count). The van der Waals surface area contributed by atoms with Crippen LogP contribution in [0.2, 0.25) is 0 Å². The van der Waals surface area contributed by atoms with Crippen molar-refractivity contribution in [3.63, 3.8) is 0 Å². The number of benzene rings is 1. The van der Waals surface area contributed by atoms with Crippen molar-refractivity contribution in [2.45, 2.75) is 38.1 Å². The maximum absolute atomic E-state index is 11.8. The van der Waals surface area contributed by atoms with Gasteiger partial charge in [-0.15, -0.1) is 11.8 Å². The van der Waals surface area contributed by atoms with Crippen LogP contribution in [-0.2, 0) is 14.4 Å². The quantitative estimate of drug-likeness (QED) is 0.589. The molecule has 0 heterocycles. The Kier molecular flexibility index (Phi) is 8.32. The number of thioether (sulfide) groups is 1. The minimum Gasteiger partial charge on any atom is -0.480 e. The van der Waals surface area contributed by atoms with Gasteiger partial charge in [0.2, 0.25) is 11.8 Å². The molecule has 0 aliphatic carbocycles. The first-order valence-electron chi connectivity index (χ1n) is 7.76. The molecule has 132 valence electrons. The summed E-state index contributed by atoms with van der Waals surface area (Å²) in [7, 11) is 0. The van der Waals surface area contributed by atoms with Crippen LogP contribution in [0.25, 0.3) is 0 Å². The number of hydrogen-bond acceptors (Lipinski definition) is 4.